The molecule has 148 valence electrons. The molecule has 6 nitrogen and oxygen atoms in total. The number of morpholine rings is 1. The fourth-order valence-electron chi connectivity index (χ4n) is 2.60. The lowest BCUT2D eigenvalue weighted by Gasteiger charge is -2.26. The van der Waals surface area contributed by atoms with Crippen LogP contribution in [-0.2, 0) is 11.3 Å². The van der Waals surface area contributed by atoms with Crippen molar-refractivity contribution in [3.05, 3.63) is 22.2 Å². The van der Waals surface area contributed by atoms with Gasteiger partial charge in [-0.15, -0.1) is 24.8 Å². The zero-order chi connectivity index (χ0) is 17.2. The summed E-state index contributed by atoms with van der Waals surface area (Å²) < 4.78 is 16.9. The Morgan fingerprint density at radius 2 is 2.04 bits per heavy atom. The number of rotatable bonds is 9. The van der Waals surface area contributed by atoms with Crippen LogP contribution >= 0.6 is 40.7 Å². The van der Waals surface area contributed by atoms with Crippen LogP contribution in [0.15, 0.2) is 16.6 Å². The summed E-state index contributed by atoms with van der Waals surface area (Å²) in [5.74, 6) is 1.19. The fourth-order valence-corrected chi connectivity index (χ4v) is 3.21. The molecule has 1 heterocycles. The third kappa shape index (κ3) is 8.30. The third-order valence-corrected chi connectivity index (χ3v) is 4.42. The summed E-state index contributed by atoms with van der Waals surface area (Å²) in [5, 5.41) is 12.1. The molecule has 2 rings (SSSR count). The van der Waals surface area contributed by atoms with Gasteiger partial charge < -0.3 is 19.5 Å². The molecule has 0 amide bonds. The minimum absolute atomic E-state index is 0. The second-order valence-corrected chi connectivity index (χ2v) is 6.39. The van der Waals surface area contributed by atoms with Gasteiger partial charge in [0.05, 0.1) is 24.8 Å². The Bertz CT molecular complexity index is 567. The van der Waals surface area contributed by atoms with E-state index in [4.69, 9.17) is 19.5 Å². The van der Waals surface area contributed by atoms with E-state index in [-0.39, 0.29) is 31.4 Å². The molecule has 1 aliphatic heterocycles. The summed E-state index contributed by atoms with van der Waals surface area (Å²) >= 11 is 3.48. The van der Waals surface area contributed by atoms with Crippen LogP contribution in [0.4, 0.5) is 0 Å². The summed E-state index contributed by atoms with van der Waals surface area (Å²) in [6.07, 6.45) is 1.11. The number of methoxy groups -OCH3 is 1. The monoisotopic (exact) mass is 469 g/mol. The van der Waals surface area contributed by atoms with Crippen LogP contribution in [0.1, 0.15) is 12.0 Å². The number of halogens is 3. The van der Waals surface area contributed by atoms with E-state index < -0.39 is 0 Å². The predicted molar refractivity (Wildman–Crippen MR) is 110 cm³/mol. The van der Waals surface area contributed by atoms with Gasteiger partial charge in [0.2, 0.25) is 0 Å². The highest BCUT2D eigenvalue weighted by Crippen LogP contribution is 2.36. The number of ether oxygens (including phenoxy) is 3. The van der Waals surface area contributed by atoms with Gasteiger partial charge in [0.1, 0.15) is 6.07 Å². The van der Waals surface area contributed by atoms with Crippen LogP contribution in [0.3, 0.4) is 0 Å². The van der Waals surface area contributed by atoms with Crippen LogP contribution in [-0.4, -0.2) is 58.0 Å². The summed E-state index contributed by atoms with van der Waals surface area (Å²) in [6, 6.07) is 5.89. The van der Waals surface area contributed by atoms with E-state index in [9.17, 15) is 0 Å². The first-order valence-corrected chi connectivity index (χ1v) is 8.91. The number of hydrogen-bond acceptors (Lipinski definition) is 6. The lowest BCUT2D eigenvalue weighted by molar-refractivity contribution is 0.0374. The van der Waals surface area contributed by atoms with Crippen LogP contribution in [0.25, 0.3) is 0 Å². The topological polar surface area (TPSA) is 66.8 Å². The molecule has 1 aromatic rings. The number of hydrogen-bond donors (Lipinski definition) is 1. The van der Waals surface area contributed by atoms with Gasteiger partial charge in [-0.05, 0) is 53.1 Å². The molecular weight excluding hydrogens is 445 g/mol. The minimum atomic E-state index is -0.00586. The minimum Gasteiger partial charge on any atom is -0.493 e. The van der Waals surface area contributed by atoms with Crippen LogP contribution < -0.4 is 14.8 Å². The van der Waals surface area contributed by atoms with E-state index in [1.54, 1.807) is 7.11 Å². The molecule has 0 radical (unpaired) electrons. The van der Waals surface area contributed by atoms with E-state index in [1.807, 2.05) is 18.2 Å². The van der Waals surface area contributed by atoms with E-state index in [2.05, 4.69) is 26.1 Å². The van der Waals surface area contributed by atoms with Crippen molar-refractivity contribution >= 4 is 40.7 Å². The Morgan fingerprint density at radius 1 is 1.31 bits per heavy atom. The summed E-state index contributed by atoms with van der Waals surface area (Å²) in [7, 11) is 1.60. The van der Waals surface area contributed by atoms with Gasteiger partial charge in [-0.25, -0.2) is 0 Å². The van der Waals surface area contributed by atoms with Gasteiger partial charge in [0.25, 0.3) is 0 Å². The Morgan fingerprint density at radius 3 is 2.69 bits per heavy atom. The van der Waals surface area contributed by atoms with Crippen molar-refractivity contribution < 1.29 is 14.2 Å². The van der Waals surface area contributed by atoms with Crippen molar-refractivity contribution in [2.24, 2.45) is 0 Å². The zero-order valence-electron chi connectivity index (χ0n) is 14.8. The van der Waals surface area contributed by atoms with Gasteiger partial charge in [-0.1, -0.05) is 0 Å². The standard InChI is InChI=1S/C17H24BrN3O3.2ClH/c1-22-16-12-14(11-15(18)17(16)24-8-3-19)13-20-4-2-5-21-6-9-23-10-7-21;;/h11-12,20H,2,4-10,13H2,1H3;2*1H. The molecule has 1 aromatic carbocycles. The molecule has 1 fully saturated rings. The van der Waals surface area contributed by atoms with Gasteiger partial charge >= 0.3 is 0 Å². The molecule has 0 aliphatic carbocycles. The summed E-state index contributed by atoms with van der Waals surface area (Å²) in [4.78, 5) is 2.44. The Labute approximate surface area is 176 Å². The zero-order valence-corrected chi connectivity index (χ0v) is 18.1. The van der Waals surface area contributed by atoms with Gasteiger partial charge in [0, 0.05) is 19.6 Å². The summed E-state index contributed by atoms with van der Waals surface area (Å²) in [6.45, 7) is 6.59. The van der Waals surface area contributed by atoms with Crippen LogP contribution in [0.5, 0.6) is 11.5 Å². The molecular formula is C17H26BrCl2N3O3. The van der Waals surface area contributed by atoms with Crippen molar-refractivity contribution in [2.75, 3.05) is 53.1 Å². The maximum Gasteiger partial charge on any atom is 0.176 e. The summed E-state index contributed by atoms with van der Waals surface area (Å²) in [5.41, 5.74) is 1.11. The number of nitrogens with one attached hydrogen (secondary N) is 1. The molecule has 1 aliphatic rings. The Hall–Kier alpha value is -0.750. The molecule has 1 saturated heterocycles. The Kier molecular flexibility index (Phi) is 13.9. The first-order valence-electron chi connectivity index (χ1n) is 8.11. The van der Waals surface area contributed by atoms with Crippen molar-refractivity contribution in [1.29, 1.82) is 5.26 Å². The first kappa shape index (κ1) is 25.2. The smallest absolute Gasteiger partial charge is 0.176 e. The molecule has 9 heteroatoms. The largest absolute Gasteiger partial charge is 0.493 e. The van der Waals surface area contributed by atoms with Gasteiger partial charge in [-0.3, -0.25) is 4.90 Å². The maximum absolute atomic E-state index is 8.65. The van der Waals surface area contributed by atoms with E-state index in [1.165, 1.54) is 0 Å². The molecule has 0 saturated carbocycles. The molecule has 26 heavy (non-hydrogen) atoms. The lowest BCUT2D eigenvalue weighted by atomic mass is 10.2. The van der Waals surface area contributed by atoms with Crippen molar-refractivity contribution in [3.63, 3.8) is 0 Å². The molecule has 1 N–H and O–H groups in total. The van der Waals surface area contributed by atoms with Gasteiger partial charge in [0.15, 0.2) is 18.1 Å². The van der Waals surface area contributed by atoms with Crippen molar-refractivity contribution in [2.45, 2.75) is 13.0 Å². The van der Waals surface area contributed by atoms with E-state index in [0.29, 0.717) is 11.5 Å². The quantitative estimate of drug-likeness (QED) is 0.559. The molecule has 0 aromatic heterocycles. The Balaban J connectivity index is 0.00000312. The fraction of sp³-hybridized carbons (Fsp3) is 0.588. The predicted octanol–water partition coefficient (Wildman–Crippen LogP) is 3.02. The van der Waals surface area contributed by atoms with E-state index >= 15 is 0 Å². The second kappa shape index (κ2) is 14.3. The second-order valence-electron chi connectivity index (χ2n) is 5.54. The normalized spacial score (nSPS) is 13.9. The highest BCUT2D eigenvalue weighted by Gasteiger charge is 2.12. The van der Waals surface area contributed by atoms with Crippen LogP contribution in [0, 0.1) is 11.3 Å². The van der Waals surface area contributed by atoms with Crippen molar-refractivity contribution in [3.8, 4) is 17.6 Å². The number of benzene rings is 1. The average Bonchev–Trinajstić information content (AvgIpc) is 2.61. The highest BCUT2D eigenvalue weighted by atomic mass is 79.9. The SMILES string of the molecule is COc1cc(CNCCCN2CCOCC2)cc(Br)c1OCC#N.Cl.Cl. The van der Waals surface area contributed by atoms with Gasteiger partial charge in [-0.2, -0.15) is 5.26 Å². The maximum atomic E-state index is 8.65. The molecule has 0 spiro atoms. The number of nitrogens with zero attached hydrogens (tertiary/aromatic N) is 2. The lowest BCUT2D eigenvalue weighted by Crippen LogP contribution is -2.37. The van der Waals surface area contributed by atoms with Crippen LogP contribution in [0.2, 0.25) is 0 Å². The molecule has 0 unspecified atom stereocenters. The van der Waals surface area contributed by atoms with E-state index in [0.717, 1.165) is 62.4 Å². The third-order valence-electron chi connectivity index (χ3n) is 3.83. The highest BCUT2D eigenvalue weighted by molar-refractivity contribution is 9.10. The first-order chi connectivity index (χ1) is 11.7. The van der Waals surface area contributed by atoms with Crippen molar-refractivity contribution in [1.82, 2.24) is 10.2 Å². The average molecular weight is 471 g/mol. The molecule has 0 bridgehead atoms. The molecule has 0 atom stereocenters. The number of nitriles is 1.